The van der Waals surface area contributed by atoms with Crippen molar-refractivity contribution in [1.29, 1.82) is 0 Å². The SMILES string of the molecule is COC(=O)c1cc(C)ccc1NC(=O)c1ccc(=O)[nH]n1. The van der Waals surface area contributed by atoms with Gasteiger partial charge in [0, 0.05) is 6.07 Å². The Balaban J connectivity index is 2.30. The number of nitrogens with zero attached hydrogens (tertiary/aromatic N) is 1. The molecule has 1 amide bonds. The first-order valence-electron chi connectivity index (χ1n) is 6.07. The van der Waals surface area contributed by atoms with Gasteiger partial charge in [-0.1, -0.05) is 11.6 Å². The maximum atomic E-state index is 12.0. The normalized spacial score (nSPS) is 10.0. The number of carbonyl (C=O) groups is 2. The van der Waals surface area contributed by atoms with Gasteiger partial charge in [-0.25, -0.2) is 9.89 Å². The lowest BCUT2D eigenvalue weighted by molar-refractivity contribution is 0.0602. The summed E-state index contributed by atoms with van der Waals surface area (Å²) in [5.41, 5.74) is 1.04. The van der Waals surface area contributed by atoms with Crippen LogP contribution in [0.15, 0.2) is 35.1 Å². The van der Waals surface area contributed by atoms with Gasteiger partial charge in [-0.3, -0.25) is 9.59 Å². The van der Waals surface area contributed by atoms with E-state index in [1.165, 1.54) is 19.2 Å². The van der Waals surface area contributed by atoms with Crippen LogP contribution in [0, 0.1) is 6.92 Å². The Hall–Kier alpha value is -2.96. The number of carbonyl (C=O) groups excluding carboxylic acids is 2. The quantitative estimate of drug-likeness (QED) is 0.824. The van der Waals surface area contributed by atoms with Crippen LogP contribution in [0.3, 0.4) is 0 Å². The van der Waals surface area contributed by atoms with E-state index in [1.54, 1.807) is 18.2 Å². The molecular formula is C14H13N3O4. The molecule has 0 radical (unpaired) electrons. The van der Waals surface area contributed by atoms with Gasteiger partial charge in [-0.05, 0) is 25.1 Å². The number of hydrogen-bond donors (Lipinski definition) is 2. The molecule has 0 fully saturated rings. The Labute approximate surface area is 120 Å². The number of ether oxygens (including phenoxy) is 1. The molecule has 1 aromatic carbocycles. The summed E-state index contributed by atoms with van der Waals surface area (Å²) >= 11 is 0. The number of rotatable bonds is 3. The summed E-state index contributed by atoms with van der Waals surface area (Å²) in [6.45, 7) is 1.82. The molecule has 1 aromatic heterocycles. The first-order chi connectivity index (χ1) is 10.0. The summed E-state index contributed by atoms with van der Waals surface area (Å²) < 4.78 is 4.68. The van der Waals surface area contributed by atoms with E-state index in [9.17, 15) is 14.4 Å². The van der Waals surface area contributed by atoms with Gasteiger partial charge in [0.1, 0.15) is 5.69 Å². The van der Waals surface area contributed by atoms with Crippen LogP contribution in [0.25, 0.3) is 0 Å². The molecule has 2 N–H and O–H groups in total. The summed E-state index contributed by atoms with van der Waals surface area (Å²) in [4.78, 5) is 34.6. The van der Waals surface area contributed by atoms with Crippen molar-refractivity contribution < 1.29 is 14.3 Å². The molecule has 2 rings (SSSR count). The third-order valence-electron chi connectivity index (χ3n) is 2.74. The van der Waals surface area contributed by atoms with Crippen molar-refractivity contribution in [3.05, 3.63) is 57.5 Å². The van der Waals surface area contributed by atoms with Gasteiger partial charge in [0.2, 0.25) is 0 Å². The molecule has 0 aliphatic rings. The van der Waals surface area contributed by atoms with Crippen LogP contribution < -0.4 is 10.9 Å². The van der Waals surface area contributed by atoms with Crippen LogP contribution in [0.1, 0.15) is 26.4 Å². The zero-order valence-corrected chi connectivity index (χ0v) is 11.5. The summed E-state index contributed by atoms with van der Waals surface area (Å²) in [7, 11) is 1.26. The second-order valence-electron chi connectivity index (χ2n) is 4.30. The third-order valence-corrected chi connectivity index (χ3v) is 2.74. The molecule has 0 aliphatic carbocycles. The predicted octanol–water partition coefficient (Wildman–Crippen LogP) is 1.12. The molecule has 0 unspecified atom stereocenters. The number of amides is 1. The van der Waals surface area contributed by atoms with Crippen molar-refractivity contribution in [3.63, 3.8) is 0 Å². The topological polar surface area (TPSA) is 101 Å². The molecule has 1 heterocycles. The van der Waals surface area contributed by atoms with E-state index in [2.05, 4.69) is 20.3 Å². The number of esters is 1. The fraction of sp³-hybridized carbons (Fsp3) is 0.143. The average molecular weight is 287 g/mol. The van der Waals surface area contributed by atoms with Gasteiger partial charge in [-0.15, -0.1) is 0 Å². The van der Waals surface area contributed by atoms with Gasteiger partial charge >= 0.3 is 5.97 Å². The van der Waals surface area contributed by atoms with Gasteiger partial charge < -0.3 is 10.1 Å². The maximum absolute atomic E-state index is 12.0. The van der Waals surface area contributed by atoms with Crippen molar-refractivity contribution >= 4 is 17.6 Å². The van der Waals surface area contributed by atoms with Gasteiger partial charge in [0.05, 0.1) is 18.4 Å². The molecule has 2 aromatic rings. The Morgan fingerprint density at radius 2 is 2.00 bits per heavy atom. The standard InChI is InChI=1S/C14H13N3O4/c1-8-3-4-10(9(7-8)14(20)21-2)15-13(19)11-5-6-12(18)17-16-11/h3-7H,1-2H3,(H,15,19)(H,17,18). The Morgan fingerprint density at radius 1 is 1.24 bits per heavy atom. The van der Waals surface area contributed by atoms with E-state index in [4.69, 9.17) is 0 Å². The van der Waals surface area contributed by atoms with E-state index < -0.39 is 17.4 Å². The molecule has 7 heteroatoms. The molecule has 0 atom stereocenters. The summed E-state index contributed by atoms with van der Waals surface area (Å²) in [6.07, 6.45) is 0. The molecular weight excluding hydrogens is 274 g/mol. The van der Waals surface area contributed by atoms with Gasteiger partial charge in [0.15, 0.2) is 0 Å². The first-order valence-corrected chi connectivity index (χ1v) is 6.07. The first kappa shape index (κ1) is 14.4. The minimum absolute atomic E-state index is 0.0333. The monoisotopic (exact) mass is 287 g/mol. The Kier molecular flexibility index (Phi) is 4.13. The minimum Gasteiger partial charge on any atom is -0.465 e. The van der Waals surface area contributed by atoms with Crippen molar-refractivity contribution in [2.24, 2.45) is 0 Å². The van der Waals surface area contributed by atoms with Crippen molar-refractivity contribution in [2.45, 2.75) is 6.92 Å². The Morgan fingerprint density at radius 3 is 2.62 bits per heavy atom. The predicted molar refractivity (Wildman–Crippen MR) is 75.3 cm³/mol. The number of aromatic amines is 1. The molecule has 0 saturated heterocycles. The number of hydrogen-bond acceptors (Lipinski definition) is 5. The number of nitrogens with one attached hydrogen (secondary N) is 2. The molecule has 0 spiro atoms. The minimum atomic E-state index is -0.552. The largest absolute Gasteiger partial charge is 0.465 e. The smallest absolute Gasteiger partial charge is 0.339 e. The highest BCUT2D eigenvalue weighted by Gasteiger charge is 2.15. The molecule has 21 heavy (non-hydrogen) atoms. The lowest BCUT2D eigenvalue weighted by Gasteiger charge is -2.10. The molecule has 0 saturated carbocycles. The van der Waals surface area contributed by atoms with E-state index in [0.29, 0.717) is 5.69 Å². The highest BCUT2D eigenvalue weighted by molar-refractivity contribution is 6.07. The second-order valence-corrected chi connectivity index (χ2v) is 4.30. The lowest BCUT2D eigenvalue weighted by atomic mass is 10.1. The number of aromatic nitrogens is 2. The summed E-state index contributed by atoms with van der Waals surface area (Å²) in [5.74, 6) is -1.09. The maximum Gasteiger partial charge on any atom is 0.339 e. The Bertz CT molecular complexity index is 732. The van der Waals surface area contributed by atoms with E-state index in [-0.39, 0.29) is 11.3 Å². The van der Waals surface area contributed by atoms with Crippen molar-refractivity contribution in [2.75, 3.05) is 12.4 Å². The van der Waals surface area contributed by atoms with E-state index in [0.717, 1.165) is 5.56 Å². The van der Waals surface area contributed by atoms with Crippen LogP contribution in [-0.4, -0.2) is 29.2 Å². The zero-order chi connectivity index (χ0) is 15.4. The zero-order valence-electron chi connectivity index (χ0n) is 11.5. The summed E-state index contributed by atoms with van der Waals surface area (Å²) in [5, 5.41) is 8.35. The number of H-pyrrole nitrogens is 1. The number of anilines is 1. The lowest BCUT2D eigenvalue weighted by Crippen LogP contribution is -2.19. The number of benzene rings is 1. The van der Waals surface area contributed by atoms with E-state index in [1.807, 2.05) is 6.92 Å². The average Bonchev–Trinajstić information content (AvgIpc) is 2.48. The third kappa shape index (κ3) is 3.33. The molecule has 7 nitrogen and oxygen atoms in total. The van der Waals surface area contributed by atoms with Gasteiger partial charge in [-0.2, -0.15) is 5.10 Å². The van der Waals surface area contributed by atoms with E-state index >= 15 is 0 Å². The molecule has 0 bridgehead atoms. The molecule has 108 valence electrons. The van der Waals surface area contributed by atoms with Crippen LogP contribution >= 0.6 is 0 Å². The van der Waals surface area contributed by atoms with Crippen LogP contribution in [-0.2, 0) is 4.74 Å². The number of methoxy groups -OCH3 is 1. The fourth-order valence-corrected chi connectivity index (χ4v) is 1.70. The van der Waals surface area contributed by atoms with Crippen LogP contribution in [0.4, 0.5) is 5.69 Å². The van der Waals surface area contributed by atoms with Crippen molar-refractivity contribution in [3.8, 4) is 0 Å². The summed E-state index contributed by atoms with van der Waals surface area (Å²) in [6, 6.07) is 7.45. The van der Waals surface area contributed by atoms with Gasteiger partial charge in [0.25, 0.3) is 11.5 Å². The highest BCUT2D eigenvalue weighted by atomic mass is 16.5. The van der Waals surface area contributed by atoms with Crippen LogP contribution in [0.2, 0.25) is 0 Å². The van der Waals surface area contributed by atoms with Crippen LogP contribution in [0.5, 0.6) is 0 Å². The second kappa shape index (κ2) is 6.00. The fourth-order valence-electron chi connectivity index (χ4n) is 1.70. The number of aryl methyl sites for hydroxylation is 1. The molecule has 0 aliphatic heterocycles. The highest BCUT2D eigenvalue weighted by Crippen LogP contribution is 2.19. The van der Waals surface area contributed by atoms with Crippen molar-refractivity contribution in [1.82, 2.24) is 10.2 Å².